The van der Waals surface area contributed by atoms with Gasteiger partial charge in [-0.05, 0) is 43.2 Å². The van der Waals surface area contributed by atoms with Gasteiger partial charge in [0.2, 0.25) is 5.91 Å². The van der Waals surface area contributed by atoms with Crippen molar-refractivity contribution in [3.63, 3.8) is 0 Å². The van der Waals surface area contributed by atoms with Gasteiger partial charge in [0.05, 0.1) is 22.0 Å². The molecule has 2 heterocycles. The van der Waals surface area contributed by atoms with Crippen LogP contribution in [0.2, 0.25) is 5.02 Å². The van der Waals surface area contributed by atoms with Crippen molar-refractivity contribution in [2.24, 2.45) is 0 Å². The molecule has 3 N–H and O–H groups in total. The van der Waals surface area contributed by atoms with Crippen LogP contribution in [0.5, 0.6) is 11.5 Å². The SMILES string of the molecule is O=C(CO)N1CCCC1COc1cccc2ncnc(Nc3ccc(O)c(Cl)c3)c12. The lowest BCUT2D eigenvalue weighted by Gasteiger charge is -2.24. The van der Waals surface area contributed by atoms with Crippen LogP contribution in [-0.2, 0) is 4.79 Å². The van der Waals surface area contributed by atoms with Crippen LogP contribution in [0, 0.1) is 0 Å². The number of hydrogen-bond donors (Lipinski definition) is 3. The molecule has 1 atom stereocenters. The zero-order valence-electron chi connectivity index (χ0n) is 16.1. The minimum Gasteiger partial charge on any atom is -0.506 e. The maximum atomic E-state index is 11.9. The average molecular weight is 429 g/mol. The lowest BCUT2D eigenvalue weighted by Crippen LogP contribution is -2.40. The summed E-state index contributed by atoms with van der Waals surface area (Å²) in [5.41, 5.74) is 1.35. The first-order valence-electron chi connectivity index (χ1n) is 9.59. The molecule has 0 radical (unpaired) electrons. The van der Waals surface area contributed by atoms with Crippen molar-refractivity contribution in [2.45, 2.75) is 18.9 Å². The van der Waals surface area contributed by atoms with Crippen LogP contribution in [0.15, 0.2) is 42.7 Å². The molecule has 1 aliphatic heterocycles. The molecule has 1 amide bonds. The van der Waals surface area contributed by atoms with E-state index in [2.05, 4.69) is 15.3 Å². The fourth-order valence-corrected chi connectivity index (χ4v) is 3.81. The van der Waals surface area contributed by atoms with E-state index in [-0.39, 0.29) is 22.7 Å². The molecular weight excluding hydrogens is 408 g/mol. The summed E-state index contributed by atoms with van der Waals surface area (Å²) >= 11 is 6.01. The van der Waals surface area contributed by atoms with E-state index in [0.717, 1.165) is 12.8 Å². The Hall–Kier alpha value is -3.10. The van der Waals surface area contributed by atoms with E-state index in [4.69, 9.17) is 16.3 Å². The highest BCUT2D eigenvalue weighted by Gasteiger charge is 2.29. The lowest BCUT2D eigenvalue weighted by molar-refractivity contribution is -0.135. The number of halogens is 1. The van der Waals surface area contributed by atoms with Gasteiger partial charge >= 0.3 is 0 Å². The highest BCUT2D eigenvalue weighted by atomic mass is 35.5. The third-order valence-electron chi connectivity index (χ3n) is 5.10. The molecule has 30 heavy (non-hydrogen) atoms. The monoisotopic (exact) mass is 428 g/mol. The number of carbonyl (C=O) groups is 1. The second-order valence-corrected chi connectivity index (χ2v) is 7.42. The number of aromatic hydroxyl groups is 1. The molecule has 4 rings (SSSR count). The molecule has 0 aliphatic carbocycles. The number of likely N-dealkylation sites (tertiary alicyclic amines) is 1. The van der Waals surface area contributed by atoms with Crippen molar-refractivity contribution in [1.29, 1.82) is 0 Å². The highest BCUT2D eigenvalue weighted by molar-refractivity contribution is 6.32. The van der Waals surface area contributed by atoms with E-state index in [0.29, 0.717) is 41.3 Å². The summed E-state index contributed by atoms with van der Waals surface area (Å²) < 4.78 is 6.09. The Morgan fingerprint density at radius 3 is 2.97 bits per heavy atom. The number of phenolic OH excluding ortho intramolecular Hbond substituents is 1. The van der Waals surface area contributed by atoms with Gasteiger partial charge in [-0.15, -0.1) is 0 Å². The Bertz CT molecular complexity index is 1070. The highest BCUT2D eigenvalue weighted by Crippen LogP contribution is 2.34. The van der Waals surface area contributed by atoms with Crippen LogP contribution in [0.25, 0.3) is 10.9 Å². The Morgan fingerprint density at radius 2 is 2.17 bits per heavy atom. The number of aliphatic hydroxyl groups is 1. The van der Waals surface area contributed by atoms with Gasteiger partial charge in [-0.25, -0.2) is 9.97 Å². The minimum absolute atomic E-state index is 0.00247. The normalized spacial score (nSPS) is 16.1. The molecule has 1 saturated heterocycles. The second-order valence-electron chi connectivity index (χ2n) is 7.02. The number of hydrogen-bond acceptors (Lipinski definition) is 7. The summed E-state index contributed by atoms with van der Waals surface area (Å²) in [6.07, 6.45) is 3.16. The second kappa shape index (κ2) is 8.73. The molecule has 1 aliphatic rings. The van der Waals surface area contributed by atoms with Crippen molar-refractivity contribution in [3.8, 4) is 11.5 Å². The van der Waals surface area contributed by atoms with Gasteiger partial charge in [0.15, 0.2) is 0 Å². The summed E-state index contributed by atoms with van der Waals surface area (Å²) in [6.45, 7) is 0.437. The predicted octanol–water partition coefficient (Wildman–Crippen LogP) is 3.09. The van der Waals surface area contributed by atoms with Crippen LogP contribution in [0.1, 0.15) is 12.8 Å². The number of rotatable bonds is 6. The fraction of sp³-hybridized carbons (Fsp3) is 0.286. The Kier molecular flexibility index (Phi) is 5.87. The quantitative estimate of drug-likeness (QED) is 0.518. The zero-order chi connectivity index (χ0) is 21.1. The number of aromatic nitrogens is 2. The molecule has 156 valence electrons. The van der Waals surface area contributed by atoms with E-state index in [9.17, 15) is 15.0 Å². The zero-order valence-corrected chi connectivity index (χ0v) is 16.8. The minimum atomic E-state index is -0.498. The lowest BCUT2D eigenvalue weighted by atomic mass is 10.2. The van der Waals surface area contributed by atoms with E-state index >= 15 is 0 Å². The van der Waals surface area contributed by atoms with Crippen LogP contribution in [0.3, 0.4) is 0 Å². The number of ether oxygens (including phenoxy) is 1. The molecule has 3 aromatic rings. The van der Waals surface area contributed by atoms with Crippen LogP contribution < -0.4 is 10.1 Å². The molecule has 8 nitrogen and oxygen atoms in total. The largest absolute Gasteiger partial charge is 0.506 e. The molecule has 0 bridgehead atoms. The third-order valence-corrected chi connectivity index (χ3v) is 5.40. The number of amides is 1. The van der Waals surface area contributed by atoms with E-state index < -0.39 is 6.61 Å². The first kappa shape index (κ1) is 20.2. The van der Waals surface area contributed by atoms with Gasteiger partial charge < -0.3 is 25.2 Å². The van der Waals surface area contributed by atoms with Crippen molar-refractivity contribution >= 4 is 39.9 Å². The van der Waals surface area contributed by atoms with E-state index in [1.54, 1.807) is 17.0 Å². The first-order chi connectivity index (χ1) is 14.6. The summed E-state index contributed by atoms with van der Waals surface area (Å²) in [6, 6.07) is 10.2. The molecule has 1 aromatic heterocycles. The summed E-state index contributed by atoms with van der Waals surface area (Å²) in [5.74, 6) is 0.835. The standard InChI is InChI=1S/C21H21ClN4O4/c22-15-9-13(6-7-17(15)28)25-21-20-16(23-12-24-21)4-1-5-18(20)30-11-14-3-2-8-26(14)19(29)10-27/h1,4-7,9,12,14,27-28H,2-3,8,10-11H2,(H,23,24,25). The van der Waals surface area contributed by atoms with Crippen LogP contribution >= 0.6 is 11.6 Å². The van der Waals surface area contributed by atoms with Crippen LogP contribution in [-0.4, -0.2) is 56.8 Å². The van der Waals surface area contributed by atoms with Gasteiger partial charge in [-0.2, -0.15) is 0 Å². The number of phenols is 1. The average Bonchev–Trinajstić information content (AvgIpc) is 3.23. The summed E-state index contributed by atoms with van der Waals surface area (Å²) in [5, 5.41) is 22.9. The molecule has 2 aromatic carbocycles. The number of nitrogens with zero attached hydrogens (tertiary/aromatic N) is 3. The van der Waals surface area contributed by atoms with Crippen molar-refractivity contribution < 1.29 is 19.7 Å². The van der Waals surface area contributed by atoms with Gasteiger partial charge in [0, 0.05) is 12.2 Å². The molecule has 1 fully saturated rings. The fourth-order valence-electron chi connectivity index (χ4n) is 3.63. The number of benzene rings is 2. The van der Waals surface area contributed by atoms with E-state index in [1.807, 2.05) is 18.2 Å². The topological polar surface area (TPSA) is 108 Å². The number of anilines is 2. The molecule has 9 heteroatoms. The van der Waals surface area contributed by atoms with Crippen LogP contribution in [0.4, 0.5) is 11.5 Å². The Balaban J connectivity index is 1.61. The smallest absolute Gasteiger partial charge is 0.248 e. The third kappa shape index (κ3) is 4.10. The van der Waals surface area contributed by atoms with Crippen molar-refractivity contribution in [3.05, 3.63) is 47.7 Å². The number of aliphatic hydroxyl groups excluding tert-OH is 1. The van der Waals surface area contributed by atoms with Gasteiger partial charge in [-0.1, -0.05) is 17.7 Å². The van der Waals surface area contributed by atoms with Gasteiger partial charge in [0.25, 0.3) is 0 Å². The van der Waals surface area contributed by atoms with Gasteiger partial charge in [0.1, 0.15) is 36.9 Å². The summed E-state index contributed by atoms with van der Waals surface area (Å²) in [4.78, 5) is 22.2. The first-order valence-corrected chi connectivity index (χ1v) is 9.97. The number of nitrogens with one attached hydrogen (secondary N) is 1. The Labute approximate surface area is 178 Å². The molecule has 0 saturated carbocycles. The van der Waals surface area contributed by atoms with E-state index in [1.165, 1.54) is 12.4 Å². The molecule has 0 spiro atoms. The maximum Gasteiger partial charge on any atom is 0.248 e. The van der Waals surface area contributed by atoms with Gasteiger partial charge in [-0.3, -0.25) is 4.79 Å². The van der Waals surface area contributed by atoms with Crippen molar-refractivity contribution in [1.82, 2.24) is 14.9 Å². The Morgan fingerprint density at radius 1 is 1.30 bits per heavy atom. The number of carbonyl (C=O) groups excluding carboxylic acids is 1. The molecular formula is C21H21ClN4O4. The number of fused-ring (bicyclic) bond motifs is 1. The molecule has 1 unspecified atom stereocenters. The van der Waals surface area contributed by atoms with Crippen molar-refractivity contribution in [2.75, 3.05) is 25.1 Å². The summed E-state index contributed by atoms with van der Waals surface area (Å²) in [7, 11) is 0. The predicted molar refractivity (Wildman–Crippen MR) is 113 cm³/mol. The maximum absolute atomic E-state index is 11.9.